The lowest BCUT2D eigenvalue weighted by Crippen LogP contribution is -2.25. The molecule has 0 amide bonds. The van der Waals surface area contributed by atoms with Gasteiger partial charge in [-0.2, -0.15) is 0 Å². The molecule has 3 heteroatoms. The molecular formula is C15H21NO2. The molecule has 1 saturated heterocycles. The standard InChI is InChI=1S/C15H21NO2/c1-3-18-15(17)14-11-16(9-12(14)2)10-13-7-5-4-6-8-13/h4-8,12,14H,3,9-11H2,1-2H3/t12-,14-/m1/s1. The van der Waals surface area contributed by atoms with E-state index < -0.39 is 0 Å². The van der Waals surface area contributed by atoms with Crippen molar-refractivity contribution >= 4 is 5.97 Å². The molecule has 0 radical (unpaired) electrons. The summed E-state index contributed by atoms with van der Waals surface area (Å²) in [5.74, 6) is 0.377. The predicted molar refractivity (Wildman–Crippen MR) is 71.0 cm³/mol. The first-order chi connectivity index (χ1) is 8.70. The van der Waals surface area contributed by atoms with Crippen LogP contribution in [0.5, 0.6) is 0 Å². The van der Waals surface area contributed by atoms with Crippen LogP contribution in [0.1, 0.15) is 19.4 Å². The number of nitrogens with zero attached hydrogens (tertiary/aromatic N) is 1. The molecule has 0 N–H and O–H groups in total. The molecule has 1 aliphatic heterocycles. The van der Waals surface area contributed by atoms with E-state index >= 15 is 0 Å². The highest BCUT2D eigenvalue weighted by Crippen LogP contribution is 2.25. The lowest BCUT2D eigenvalue weighted by molar-refractivity contribution is -0.148. The molecule has 1 aromatic carbocycles. The van der Waals surface area contributed by atoms with Crippen LogP contribution >= 0.6 is 0 Å². The van der Waals surface area contributed by atoms with Crippen molar-refractivity contribution in [1.29, 1.82) is 0 Å². The molecule has 18 heavy (non-hydrogen) atoms. The average molecular weight is 247 g/mol. The molecule has 0 unspecified atom stereocenters. The van der Waals surface area contributed by atoms with E-state index in [0.717, 1.165) is 19.6 Å². The summed E-state index contributed by atoms with van der Waals surface area (Å²) in [6.45, 7) is 7.17. The molecule has 1 fully saturated rings. The van der Waals surface area contributed by atoms with E-state index in [1.165, 1.54) is 5.56 Å². The van der Waals surface area contributed by atoms with E-state index in [4.69, 9.17) is 4.74 Å². The maximum absolute atomic E-state index is 11.8. The zero-order chi connectivity index (χ0) is 13.0. The van der Waals surface area contributed by atoms with Crippen LogP contribution in [0.15, 0.2) is 30.3 Å². The summed E-state index contributed by atoms with van der Waals surface area (Å²) in [5, 5.41) is 0. The first-order valence-electron chi connectivity index (χ1n) is 6.63. The van der Waals surface area contributed by atoms with Gasteiger partial charge in [-0.1, -0.05) is 37.3 Å². The fourth-order valence-corrected chi connectivity index (χ4v) is 2.59. The van der Waals surface area contributed by atoms with Crippen molar-refractivity contribution in [2.75, 3.05) is 19.7 Å². The number of likely N-dealkylation sites (tertiary alicyclic amines) is 1. The minimum absolute atomic E-state index is 0.0358. The van der Waals surface area contributed by atoms with Crippen LogP contribution in [0, 0.1) is 11.8 Å². The molecule has 1 heterocycles. The van der Waals surface area contributed by atoms with E-state index in [1.54, 1.807) is 0 Å². The summed E-state index contributed by atoms with van der Waals surface area (Å²) in [7, 11) is 0. The summed E-state index contributed by atoms with van der Waals surface area (Å²) in [6, 6.07) is 10.4. The van der Waals surface area contributed by atoms with Crippen LogP contribution < -0.4 is 0 Å². The van der Waals surface area contributed by atoms with Crippen LogP contribution in [-0.2, 0) is 16.1 Å². The van der Waals surface area contributed by atoms with Gasteiger partial charge in [-0.05, 0) is 18.4 Å². The molecule has 98 valence electrons. The highest BCUT2D eigenvalue weighted by atomic mass is 16.5. The van der Waals surface area contributed by atoms with Crippen molar-refractivity contribution in [2.24, 2.45) is 11.8 Å². The molecule has 3 nitrogen and oxygen atoms in total. The summed E-state index contributed by atoms with van der Waals surface area (Å²) in [4.78, 5) is 14.1. The quantitative estimate of drug-likeness (QED) is 0.765. The Hall–Kier alpha value is -1.35. The molecule has 1 aromatic rings. The summed E-state index contributed by atoms with van der Waals surface area (Å²) >= 11 is 0. The van der Waals surface area contributed by atoms with Gasteiger partial charge >= 0.3 is 5.97 Å². The molecule has 0 saturated carbocycles. The number of benzene rings is 1. The minimum Gasteiger partial charge on any atom is -0.466 e. The van der Waals surface area contributed by atoms with Gasteiger partial charge in [-0.25, -0.2) is 0 Å². The lowest BCUT2D eigenvalue weighted by Gasteiger charge is -2.15. The Bertz CT molecular complexity index is 391. The van der Waals surface area contributed by atoms with Gasteiger partial charge in [-0.3, -0.25) is 9.69 Å². The van der Waals surface area contributed by atoms with Crippen LogP contribution in [-0.4, -0.2) is 30.6 Å². The Balaban J connectivity index is 1.92. The first kappa shape index (κ1) is 13.1. The Morgan fingerprint density at radius 2 is 2.06 bits per heavy atom. The van der Waals surface area contributed by atoms with E-state index in [-0.39, 0.29) is 11.9 Å². The Kier molecular flexibility index (Phi) is 4.37. The van der Waals surface area contributed by atoms with Crippen LogP contribution in [0.4, 0.5) is 0 Å². The second-order valence-corrected chi connectivity index (χ2v) is 5.02. The number of ether oxygens (including phenoxy) is 1. The molecule has 2 rings (SSSR count). The third kappa shape index (κ3) is 3.10. The van der Waals surface area contributed by atoms with Gasteiger partial charge in [0.1, 0.15) is 0 Å². The number of hydrogen-bond donors (Lipinski definition) is 0. The van der Waals surface area contributed by atoms with Crippen molar-refractivity contribution < 1.29 is 9.53 Å². The molecule has 0 aliphatic carbocycles. The Labute approximate surface area is 109 Å². The van der Waals surface area contributed by atoms with Crippen LogP contribution in [0.25, 0.3) is 0 Å². The van der Waals surface area contributed by atoms with E-state index in [2.05, 4.69) is 36.1 Å². The van der Waals surface area contributed by atoms with Crippen LogP contribution in [0.3, 0.4) is 0 Å². The van der Waals surface area contributed by atoms with Crippen molar-refractivity contribution in [3.05, 3.63) is 35.9 Å². The van der Waals surface area contributed by atoms with Gasteiger partial charge in [0.25, 0.3) is 0 Å². The number of carbonyl (C=O) groups excluding carboxylic acids is 1. The van der Waals surface area contributed by atoms with E-state index in [9.17, 15) is 4.79 Å². The monoisotopic (exact) mass is 247 g/mol. The van der Waals surface area contributed by atoms with Gasteiger partial charge in [-0.15, -0.1) is 0 Å². The Morgan fingerprint density at radius 1 is 1.33 bits per heavy atom. The van der Waals surface area contributed by atoms with Gasteiger partial charge < -0.3 is 4.74 Å². The largest absolute Gasteiger partial charge is 0.466 e. The van der Waals surface area contributed by atoms with Crippen molar-refractivity contribution in [2.45, 2.75) is 20.4 Å². The van der Waals surface area contributed by atoms with E-state index in [1.807, 2.05) is 13.0 Å². The zero-order valence-electron chi connectivity index (χ0n) is 11.1. The molecule has 0 bridgehead atoms. The van der Waals surface area contributed by atoms with Gasteiger partial charge in [0, 0.05) is 19.6 Å². The van der Waals surface area contributed by atoms with Gasteiger partial charge in [0.15, 0.2) is 0 Å². The topological polar surface area (TPSA) is 29.5 Å². The Morgan fingerprint density at radius 3 is 2.72 bits per heavy atom. The third-order valence-corrected chi connectivity index (χ3v) is 3.53. The average Bonchev–Trinajstić information content (AvgIpc) is 2.72. The smallest absolute Gasteiger partial charge is 0.310 e. The maximum atomic E-state index is 11.8. The maximum Gasteiger partial charge on any atom is 0.310 e. The van der Waals surface area contributed by atoms with E-state index in [0.29, 0.717) is 12.5 Å². The van der Waals surface area contributed by atoms with Crippen molar-refractivity contribution in [3.63, 3.8) is 0 Å². The zero-order valence-corrected chi connectivity index (χ0v) is 11.1. The van der Waals surface area contributed by atoms with Gasteiger partial charge in [0.05, 0.1) is 12.5 Å². The highest BCUT2D eigenvalue weighted by Gasteiger charge is 2.35. The fourth-order valence-electron chi connectivity index (χ4n) is 2.59. The molecular weight excluding hydrogens is 226 g/mol. The van der Waals surface area contributed by atoms with Crippen molar-refractivity contribution in [1.82, 2.24) is 4.90 Å². The second-order valence-electron chi connectivity index (χ2n) is 5.02. The number of rotatable bonds is 4. The molecule has 0 spiro atoms. The summed E-state index contributed by atoms with van der Waals surface area (Å²) < 4.78 is 5.13. The van der Waals surface area contributed by atoms with Crippen LogP contribution in [0.2, 0.25) is 0 Å². The number of esters is 1. The predicted octanol–water partition coefficient (Wildman–Crippen LogP) is 2.32. The second kappa shape index (κ2) is 6.01. The SMILES string of the molecule is CCOC(=O)[C@@H]1CN(Cc2ccccc2)C[C@H]1C. The fraction of sp³-hybridized carbons (Fsp3) is 0.533. The van der Waals surface area contributed by atoms with Gasteiger partial charge in [0.2, 0.25) is 0 Å². The highest BCUT2D eigenvalue weighted by molar-refractivity contribution is 5.73. The molecule has 2 atom stereocenters. The number of carbonyl (C=O) groups is 1. The van der Waals surface area contributed by atoms with Crippen molar-refractivity contribution in [3.8, 4) is 0 Å². The third-order valence-electron chi connectivity index (χ3n) is 3.53. The first-order valence-corrected chi connectivity index (χ1v) is 6.63. The lowest BCUT2D eigenvalue weighted by atomic mass is 9.99. The summed E-state index contributed by atoms with van der Waals surface area (Å²) in [5.41, 5.74) is 1.30. The normalized spacial score (nSPS) is 24.1. The molecule has 0 aromatic heterocycles. The number of hydrogen-bond acceptors (Lipinski definition) is 3. The molecule has 1 aliphatic rings. The summed E-state index contributed by atoms with van der Waals surface area (Å²) in [6.07, 6.45) is 0. The minimum atomic E-state index is -0.0411.